The summed E-state index contributed by atoms with van der Waals surface area (Å²) < 4.78 is 38.9. The fourth-order valence-corrected chi connectivity index (χ4v) is 1.23. The number of aryl methyl sites for hydroxylation is 1. The fourth-order valence-electron chi connectivity index (χ4n) is 1.23. The lowest BCUT2D eigenvalue weighted by atomic mass is 10.0. The minimum absolute atomic E-state index is 0.0768. The maximum atomic E-state index is 12.4. The van der Waals surface area contributed by atoms with E-state index in [1.54, 1.807) is 24.1 Å². The van der Waals surface area contributed by atoms with Gasteiger partial charge in [-0.1, -0.05) is 0 Å². The number of halogens is 3. The summed E-state index contributed by atoms with van der Waals surface area (Å²) in [4.78, 5) is 11.3. The number of carbonyl (C=O) groups excluding carboxylic acids is 1. The largest absolute Gasteiger partial charge is 0.415 e. The van der Waals surface area contributed by atoms with Crippen LogP contribution in [0.2, 0.25) is 0 Å². The molecule has 0 aromatic carbocycles. The zero-order valence-electron chi connectivity index (χ0n) is 10.1. The van der Waals surface area contributed by atoms with Gasteiger partial charge in [-0.3, -0.25) is 9.48 Å². The van der Waals surface area contributed by atoms with Crippen LogP contribution < -0.4 is 11.1 Å². The van der Waals surface area contributed by atoms with Gasteiger partial charge in [0, 0.05) is 19.8 Å². The van der Waals surface area contributed by atoms with Crippen molar-refractivity contribution >= 4 is 5.91 Å². The monoisotopic (exact) mass is 264 g/mol. The second-order valence-electron chi connectivity index (χ2n) is 4.23. The van der Waals surface area contributed by atoms with E-state index in [2.05, 4.69) is 10.4 Å². The van der Waals surface area contributed by atoms with Crippen molar-refractivity contribution in [2.24, 2.45) is 12.8 Å². The first-order chi connectivity index (χ1) is 8.14. The Morgan fingerprint density at radius 1 is 1.56 bits per heavy atom. The van der Waals surface area contributed by atoms with Crippen LogP contribution in [-0.4, -0.2) is 33.9 Å². The van der Waals surface area contributed by atoms with E-state index in [0.29, 0.717) is 13.3 Å². The van der Waals surface area contributed by atoms with Crippen molar-refractivity contribution in [2.75, 3.05) is 6.54 Å². The molecule has 0 radical (unpaired) electrons. The van der Waals surface area contributed by atoms with Crippen molar-refractivity contribution in [1.82, 2.24) is 15.1 Å². The number of nitrogens with two attached hydrogens (primary N) is 1. The fraction of sp³-hybridized carbons (Fsp3) is 0.600. The lowest BCUT2D eigenvalue weighted by molar-refractivity contribution is -0.187. The van der Waals surface area contributed by atoms with Gasteiger partial charge in [0.2, 0.25) is 5.91 Å². The number of nitrogens with one attached hydrogen (secondary N) is 1. The molecular weight excluding hydrogens is 249 g/mol. The molecule has 1 heterocycles. The van der Waals surface area contributed by atoms with Crippen LogP contribution in [0.4, 0.5) is 13.2 Å². The van der Waals surface area contributed by atoms with Gasteiger partial charge in [-0.2, -0.15) is 18.3 Å². The molecule has 3 N–H and O–H groups in total. The van der Waals surface area contributed by atoms with Crippen LogP contribution in [0.1, 0.15) is 12.5 Å². The van der Waals surface area contributed by atoms with Gasteiger partial charge >= 0.3 is 6.18 Å². The molecule has 0 saturated heterocycles. The molecule has 0 fully saturated rings. The summed E-state index contributed by atoms with van der Waals surface area (Å²) in [5, 5.41) is 6.07. The van der Waals surface area contributed by atoms with Crippen LogP contribution in [0.3, 0.4) is 0 Å². The molecule has 0 bridgehead atoms. The van der Waals surface area contributed by atoms with Gasteiger partial charge < -0.3 is 11.1 Å². The summed E-state index contributed by atoms with van der Waals surface area (Å²) in [5.41, 5.74) is 2.92. The van der Waals surface area contributed by atoms with E-state index in [0.717, 1.165) is 5.56 Å². The predicted octanol–water partition coefficient (Wildman–Crippen LogP) is 0.358. The standard InChI is InChI=1S/C10H15F3N4O/c1-9(14,10(11,12)13)8(18)15-4-3-7-5-16-17(2)6-7/h5-6H,3-4,14H2,1-2H3,(H,15,18). The zero-order chi connectivity index (χ0) is 14.0. The van der Waals surface area contributed by atoms with Gasteiger partial charge in [0.05, 0.1) is 6.20 Å². The van der Waals surface area contributed by atoms with E-state index in [9.17, 15) is 18.0 Å². The number of amides is 1. The number of carbonyl (C=O) groups is 1. The highest BCUT2D eigenvalue weighted by molar-refractivity contribution is 5.86. The van der Waals surface area contributed by atoms with E-state index in [1.165, 1.54) is 0 Å². The number of nitrogens with zero attached hydrogens (tertiary/aromatic N) is 2. The third kappa shape index (κ3) is 3.22. The summed E-state index contributed by atoms with van der Waals surface area (Å²) in [5.74, 6) is -1.24. The maximum Gasteiger partial charge on any atom is 0.415 e. The molecule has 8 heteroatoms. The van der Waals surface area contributed by atoms with Gasteiger partial charge in [-0.25, -0.2) is 0 Å². The topological polar surface area (TPSA) is 72.9 Å². The molecule has 0 spiro atoms. The van der Waals surface area contributed by atoms with E-state index in [1.807, 2.05) is 0 Å². The lowest BCUT2D eigenvalue weighted by Gasteiger charge is -2.26. The molecule has 1 aromatic heterocycles. The van der Waals surface area contributed by atoms with Crippen LogP contribution in [0.25, 0.3) is 0 Å². The van der Waals surface area contributed by atoms with E-state index >= 15 is 0 Å². The Hall–Kier alpha value is -1.57. The molecule has 1 rings (SSSR count). The smallest absolute Gasteiger partial charge is 0.354 e. The Morgan fingerprint density at radius 2 is 2.17 bits per heavy atom. The second kappa shape index (κ2) is 4.97. The minimum Gasteiger partial charge on any atom is -0.354 e. The van der Waals surface area contributed by atoms with E-state index < -0.39 is 17.6 Å². The summed E-state index contributed by atoms with van der Waals surface area (Å²) in [7, 11) is 1.72. The van der Waals surface area contributed by atoms with Crippen LogP contribution in [-0.2, 0) is 18.3 Å². The van der Waals surface area contributed by atoms with Crippen LogP contribution in [0, 0.1) is 0 Å². The number of hydrogen-bond acceptors (Lipinski definition) is 3. The zero-order valence-corrected chi connectivity index (χ0v) is 10.1. The average molecular weight is 264 g/mol. The molecule has 1 aromatic rings. The number of hydrogen-bond donors (Lipinski definition) is 2. The van der Waals surface area contributed by atoms with Crippen LogP contribution in [0.5, 0.6) is 0 Å². The Kier molecular flexibility index (Phi) is 4.00. The summed E-state index contributed by atoms with van der Waals surface area (Å²) in [6.07, 6.45) is -1.08. The first-order valence-electron chi connectivity index (χ1n) is 5.26. The second-order valence-corrected chi connectivity index (χ2v) is 4.23. The normalized spacial score (nSPS) is 15.2. The van der Waals surface area contributed by atoms with Gasteiger partial charge in [-0.05, 0) is 18.9 Å². The quantitative estimate of drug-likeness (QED) is 0.824. The number of rotatable bonds is 4. The van der Waals surface area contributed by atoms with E-state index in [4.69, 9.17) is 5.73 Å². The molecule has 1 amide bonds. The summed E-state index contributed by atoms with van der Waals surface area (Å²) in [6.45, 7) is 0.722. The van der Waals surface area contributed by atoms with Gasteiger partial charge in [-0.15, -0.1) is 0 Å². The molecule has 0 aliphatic rings. The molecule has 0 aliphatic heterocycles. The first kappa shape index (κ1) is 14.5. The predicted molar refractivity (Wildman–Crippen MR) is 58.6 cm³/mol. The highest BCUT2D eigenvalue weighted by atomic mass is 19.4. The molecular formula is C10H15F3N4O. The lowest BCUT2D eigenvalue weighted by Crippen LogP contribution is -2.61. The highest BCUT2D eigenvalue weighted by Crippen LogP contribution is 2.27. The molecule has 1 atom stereocenters. The van der Waals surface area contributed by atoms with Gasteiger partial charge in [0.25, 0.3) is 0 Å². The highest BCUT2D eigenvalue weighted by Gasteiger charge is 2.53. The van der Waals surface area contributed by atoms with Gasteiger partial charge in [0.15, 0.2) is 5.54 Å². The van der Waals surface area contributed by atoms with Crippen molar-refractivity contribution in [1.29, 1.82) is 0 Å². The van der Waals surface area contributed by atoms with Crippen LogP contribution >= 0.6 is 0 Å². The molecule has 1 unspecified atom stereocenters. The molecule has 5 nitrogen and oxygen atoms in total. The van der Waals surface area contributed by atoms with Crippen LogP contribution in [0.15, 0.2) is 12.4 Å². The number of aromatic nitrogens is 2. The molecule has 102 valence electrons. The Balaban J connectivity index is 2.47. The summed E-state index contributed by atoms with van der Waals surface area (Å²) >= 11 is 0. The molecule has 0 aliphatic carbocycles. The minimum atomic E-state index is -4.77. The van der Waals surface area contributed by atoms with Crippen molar-refractivity contribution in [2.45, 2.75) is 25.1 Å². The van der Waals surface area contributed by atoms with Crippen molar-refractivity contribution < 1.29 is 18.0 Å². The molecule has 0 saturated carbocycles. The van der Waals surface area contributed by atoms with Gasteiger partial charge in [0.1, 0.15) is 0 Å². The number of alkyl halides is 3. The third-order valence-corrected chi connectivity index (χ3v) is 2.52. The Bertz CT molecular complexity index is 425. The first-order valence-corrected chi connectivity index (χ1v) is 5.26. The van der Waals surface area contributed by atoms with Crippen molar-refractivity contribution in [3.05, 3.63) is 18.0 Å². The SMILES string of the molecule is Cn1cc(CCNC(=O)C(C)(N)C(F)(F)F)cn1. The molecule has 18 heavy (non-hydrogen) atoms. The third-order valence-electron chi connectivity index (χ3n) is 2.52. The van der Waals surface area contributed by atoms with Crippen molar-refractivity contribution in [3.63, 3.8) is 0 Å². The average Bonchev–Trinajstić information content (AvgIpc) is 2.62. The Morgan fingerprint density at radius 3 is 2.61 bits per heavy atom. The van der Waals surface area contributed by atoms with Crippen molar-refractivity contribution in [3.8, 4) is 0 Å². The van der Waals surface area contributed by atoms with E-state index in [-0.39, 0.29) is 6.54 Å². The Labute approximate surface area is 102 Å². The summed E-state index contributed by atoms with van der Waals surface area (Å²) in [6, 6.07) is 0. The maximum absolute atomic E-state index is 12.4.